The standard InChI is InChI=1S/C20H25F3N4O/c1-14-4-5-17(18(10-14)28-13-20(21,22)23)12-27-19(24-3)26-9-7-16-6-8-25-11-15(16)2/h4-6,8,10-11H,7,9,12-13H2,1-3H3,(H2,24,26,27). The fourth-order valence-corrected chi connectivity index (χ4v) is 2.60. The van der Waals surface area contributed by atoms with Crippen LogP contribution in [0.25, 0.3) is 0 Å². The SMILES string of the molecule is CN=C(NCCc1ccncc1C)NCc1ccc(C)cc1OCC(F)(F)F. The van der Waals surface area contributed by atoms with E-state index in [0.29, 0.717) is 24.6 Å². The molecular weight excluding hydrogens is 369 g/mol. The Morgan fingerprint density at radius 2 is 1.93 bits per heavy atom. The van der Waals surface area contributed by atoms with Crippen LogP contribution < -0.4 is 15.4 Å². The molecule has 2 rings (SSSR count). The smallest absolute Gasteiger partial charge is 0.422 e. The summed E-state index contributed by atoms with van der Waals surface area (Å²) >= 11 is 0. The number of hydrogen-bond donors (Lipinski definition) is 2. The van der Waals surface area contributed by atoms with Gasteiger partial charge in [0, 0.05) is 38.1 Å². The zero-order chi connectivity index (χ0) is 20.6. The van der Waals surface area contributed by atoms with E-state index in [9.17, 15) is 13.2 Å². The lowest BCUT2D eigenvalue weighted by atomic mass is 10.1. The van der Waals surface area contributed by atoms with Gasteiger partial charge in [-0.05, 0) is 49.1 Å². The lowest BCUT2D eigenvalue weighted by Gasteiger charge is -2.16. The van der Waals surface area contributed by atoms with Crippen molar-refractivity contribution in [1.29, 1.82) is 0 Å². The first-order valence-corrected chi connectivity index (χ1v) is 8.91. The van der Waals surface area contributed by atoms with Crippen molar-refractivity contribution in [3.05, 3.63) is 58.9 Å². The summed E-state index contributed by atoms with van der Waals surface area (Å²) in [5.41, 5.74) is 3.77. The highest BCUT2D eigenvalue weighted by molar-refractivity contribution is 5.79. The molecule has 2 aromatic rings. The Kier molecular flexibility index (Phi) is 7.66. The van der Waals surface area contributed by atoms with Crippen molar-refractivity contribution < 1.29 is 17.9 Å². The van der Waals surface area contributed by atoms with Crippen molar-refractivity contribution >= 4 is 5.96 Å². The average Bonchev–Trinajstić information content (AvgIpc) is 2.64. The fraction of sp³-hybridized carbons (Fsp3) is 0.400. The van der Waals surface area contributed by atoms with Crippen molar-refractivity contribution in [2.24, 2.45) is 4.99 Å². The molecule has 0 amide bonds. The van der Waals surface area contributed by atoms with Gasteiger partial charge in [0.2, 0.25) is 0 Å². The van der Waals surface area contributed by atoms with Gasteiger partial charge in [-0.15, -0.1) is 0 Å². The molecule has 0 spiro atoms. The van der Waals surface area contributed by atoms with Gasteiger partial charge in [-0.1, -0.05) is 12.1 Å². The van der Waals surface area contributed by atoms with Crippen LogP contribution in [0.1, 0.15) is 22.3 Å². The van der Waals surface area contributed by atoms with Gasteiger partial charge in [0.1, 0.15) is 5.75 Å². The third-order valence-electron chi connectivity index (χ3n) is 4.11. The number of benzene rings is 1. The van der Waals surface area contributed by atoms with E-state index in [1.807, 2.05) is 25.3 Å². The van der Waals surface area contributed by atoms with E-state index < -0.39 is 12.8 Å². The molecule has 28 heavy (non-hydrogen) atoms. The number of aliphatic imine (C=N–C) groups is 1. The van der Waals surface area contributed by atoms with Crippen LogP contribution >= 0.6 is 0 Å². The molecule has 0 aliphatic rings. The molecule has 0 unspecified atom stereocenters. The molecule has 0 bridgehead atoms. The molecule has 0 fully saturated rings. The molecule has 0 saturated carbocycles. The lowest BCUT2D eigenvalue weighted by molar-refractivity contribution is -0.153. The van der Waals surface area contributed by atoms with Gasteiger partial charge < -0.3 is 15.4 Å². The van der Waals surface area contributed by atoms with Gasteiger partial charge in [-0.2, -0.15) is 13.2 Å². The molecule has 0 radical (unpaired) electrons. The molecule has 0 aliphatic heterocycles. The van der Waals surface area contributed by atoms with E-state index in [2.05, 4.69) is 20.6 Å². The van der Waals surface area contributed by atoms with Crippen LogP contribution in [0.2, 0.25) is 0 Å². The minimum Gasteiger partial charge on any atom is -0.484 e. The first kappa shape index (κ1) is 21.5. The number of nitrogens with zero attached hydrogens (tertiary/aromatic N) is 2. The second-order valence-corrected chi connectivity index (χ2v) is 6.42. The van der Waals surface area contributed by atoms with E-state index in [1.54, 1.807) is 32.3 Å². The van der Waals surface area contributed by atoms with Gasteiger partial charge in [-0.25, -0.2) is 0 Å². The van der Waals surface area contributed by atoms with Gasteiger partial charge in [-0.3, -0.25) is 9.98 Å². The minimum absolute atomic E-state index is 0.215. The molecule has 1 aromatic carbocycles. The number of pyridine rings is 1. The lowest BCUT2D eigenvalue weighted by Crippen LogP contribution is -2.38. The van der Waals surface area contributed by atoms with Gasteiger partial charge >= 0.3 is 6.18 Å². The number of guanidine groups is 1. The third kappa shape index (κ3) is 7.09. The van der Waals surface area contributed by atoms with Crippen molar-refractivity contribution in [2.45, 2.75) is 33.0 Å². The highest BCUT2D eigenvalue weighted by Crippen LogP contribution is 2.23. The Labute approximate surface area is 163 Å². The number of halogens is 3. The maximum Gasteiger partial charge on any atom is 0.422 e. The number of ether oxygens (including phenoxy) is 1. The second kappa shape index (κ2) is 9.96. The van der Waals surface area contributed by atoms with E-state index in [1.165, 1.54) is 5.56 Å². The van der Waals surface area contributed by atoms with Crippen molar-refractivity contribution in [3.63, 3.8) is 0 Å². The van der Waals surface area contributed by atoms with Crippen LogP contribution in [0.4, 0.5) is 13.2 Å². The first-order chi connectivity index (χ1) is 13.3. The van der Waals surface area contributed by atoms with Crippen LogP contribution in [0.3, 0.4) is 0 Å². The largest absolute Gasteiger partial charge is 0.484 e. The monoisotopic (exact) mass is 394 g/mol. The zero-order valence-corrected chi connectivity index (χ0v) is 16.2. The predicted octanol–water partition coefficient (Wildman–Crippen LogP) is 3.55. The van der Waals surface area contributed by atoms with Crippen molar-refractivity contribution in [3.8, 4) is 5.75 Å². The highest BCUT2D eigenvalue weighted by Gasteiger charge is 2.28. The molecule has 0 atom stereocenters. The Morgan fingerprint density at radius 1 is 1.14 bits per heavy atom. The Balaban J connectivity index is 1.91. The number of rotatable bonds is 7. The number of aryl methyl sites for hydroxylation is 2. The third-order valence-corrected chi connectivity index (χ3v) is 4.11. The maximum atomic E-state index is 12.5. The second-order valence-electron chi connectivity index (χ2n) is 6.42. The first-order valence-electron chi connectivity index (χ1n) is 8.91. The van der Waals surface area contributed by atoms with Crippen LogP contribution in [0, 0.1) is 13.8 Å². The van der Waals surface area contributed by atoms with Gasteiger partial charge in [0.25, 0.3) is 0 Å². The topological polar surface area (TPSA) is 58.5 Å². The van der Waals surface area contributed by atoms with Crippen molar-refractivity contribution in [1.82, 2.24) is 15.6 Å². The van der Waals surface area contributed by atoms with Crippen LogP contribution in [-0.4, -0.2) is 37.3 Å². The Bertz CT molecular complexity index is 806. The molecule has 5 nitrogen and oxygen atoms in total. The maximum absolute atomic E-state index is 12.5. The molecule has 0 saturated heterocycles. The Hall–Kier alpha value is -2.77. The van der Waals surface area contributed by atoms with E-state index in [4.69, 9.17) is 4.74 Å². The molecule has 1 aromatic heterocycles. The average molecular weight is 394 g/mol. The summed E-state index contributed by atoms with van der Waals surface area (Å²) in [4.78, 5) is 8.22. The number of alkyl halides is 3. The van der Waals surface area contributed by atoms with Crippen LogP contribution in [0.5, 0.6) is 5.75 Å². The molecular formula is C20H25F3N4O. The summed E-state index contributed by atoms with van der Waals surface area (Å²) in [7, 11) is 1.64. The van der Waals surface area contributed by atoms with Crippen LogP contribution in [0.15, 0.2) is 41.7 Å². The summed E-state index contributed by atoms with van der Waals surface area (Å²) < 4.78 is 42.4. The number of nitrogens with one attached hydrogen (secondary N) is 2. The fourth-order valence-electron chi connectivity index (χ4n) is 2.60. The molecule has 8 heteroatoms. The molecule has 1 heterocycles. The number of aromatic nitrogens is 1. The van der Waals surface area contributed by atoms with Crippen molar-refractivity contribution in [2.75, 3.05) is 20.2 Å². The minimum atomic E-state index is -4.38. The summed E-state index contributed by atoms with van der Waals surface area (Å²) in [6.45, 7) is 3.45. The van der Waals surface area contributed by atoms with E-state index >= 15 is 0 Å². The molecule has 152 valence electrons. The summed E-state index contributed by atoms with van der Waals surface area (Å²) in [5.74, 6) is 0.779. The quantitative estimate of drug-likeness (QED) is 0.557. The predicted molar refractivity (Wildman–Crippen MR) is 104 cm³/mol. The van der Waals surface area contributed by atoms with Crippen LogP contribution in [-0.2, 0) is 13.0 Å². The highest BCUT2D eigenvalue weighted by atomic mass is 19.4. The Morgan fingerprint density at radius 3 is 2.61 bits per heavy atom. The normalized spacial score (nSPS) is 12.0. The number of hydrogen-bond acceptors (Lipinski definition) is 3. The molecule has 0 aliphatic carbocycles. The van der Waals surface area contributed by atoms with Gasteiger partial charge in [0.15, 0.2) is 12.6 Å². The van der Waals surface area contributed by atoms with E-state index in [-0.39, 0.29) is 5.75 Å². The summed E-state index contributed by atoms with van der Waals surface area (Å²) in [5, 5.41) is 6.31. The summed E-state index contributed by atoms with van der Waals surface area (Å²) in [6.07, 6.45) is 0.00813. The van der Waals surface area contributed by atoms with E-state index in [0.717, 1.165) is 17.5 Å². The zero-order valence-electron chi connectivity index (χ0n) is 16.2. The molecule has 2 N–H and O–H groups in total. The van der Waals surface area contributed by atoms with Gasteiger partial charge in [0.05, 0.1) is 0 Å². The summed E-state index contributed by atoms with van der Waals surface area (Å²) in [6, 6.07) is 7.16.